The number of ether oxygens (including phenoxy) is 1. The average molecular weight is 293 g/mol. The van der Waals surface area contributed by atoms with Crippen molar-refractivity contribution in [2.75, 3.05) is 5.32 Å². The molecule has 1 N–H and O–H groups in total. The molecule has 3 rings (SSSR count). The zero-order chi connectivity index (χ0) is 15.2. The molecule has 1 amide bonds. The van der Waals surface area contributed by atoms with Crippen LogP contribution in [0, 0.1) is 5.92 Å². The van der Waals surface area contributed by atoms with E-state index in [-0.39, 0.29) is 11.8 Å². The lowest BCUT2D eigenvalue weighted by molar-refractivity contribution is -0.120. The number of rotatable bonds is 4. The molecule has 0 heterocycles. The van der Waals surface area contributed by atoms with Crippen LogP contribution in [0.15, 0.2) is 66.7 Å². The van der Waals surface area contributed by atoms with Gasteiger partial charge in [0.25, 0.3) is 0 Å². The minimum absolute atomic E-state index is 0.0882. The van der Waals surface area contributed by atoms with Crippen molar-refractivity contribution >= 4 is 11.6 Å². The van der Waals surface area contributed by atoms with Crippen LogP contribution in [0.3, 0.4) is 0 Å². The Balaban J connectivity index is 1.59. The van der Waals surface area contributed by atoms with Gasteiger partial charge in [0.15, 0.2) is 0 Å². The maximum atomic E-state index is 12.2. The minimum Gasteiger partial charge on any atom is -0.457 e. The van der Waals surface area contributed by atoms with E-state index in [1.165, 1.54) is 0 Å². The molecule has 0 radical (unpaired) electrons. The second kappa shape index (κ2) is 6.94. The zero-order valence-corrected chi connectivity index (χ0v) is 12.4. The normalized spacial score (nSPS) is 17.0. The van der Waals surface area contributed by atoms with Crippen LogP contribution < -0.4 is 10.1 Å². The van der Waals surface area contributed by atoms with Crippen LogP contribution in [0.1, 0.15) is 19.3 Å². The highest BCUT2D eigenvalue weighted by Crippen LogP contribution is 2.24. The molecule has 0 saturated heterocycles. The number of carbonyl (C=O) groups excluding carboxylic acids is 1. The summed E-state index contributed by atoms with van der Waals surface area (Å²) in [6, 6.07) is 17.1. The van der Waals surface area contributed by atoms with Gasteiger partial charge in [-0.25, -0.2) is 0 Å². The topological polar surface area (TPSA) is 38.3 Å². The van der Waals surface area contributed by atoms with Crippen LogP contribution in [-0.4, -0.2) is 5.91 Å². The third-order valence-corrected chi connectivity index (χ3v) is 3.74. The Labute approximate surface area is 130 Å². The number of anilines is 1. The van der Waals surface area contributed by atoms with E-state index in [1.54, 1.807) is 0 Å². The highest BCUT2D eigenvalue weighted by Gasteiger charge is 2.18. The second-order valence-corrected chi connectivity index (χ2v) is 5.41. The minimum atomic E-state index is 0.0882. The lowest BCUT2D eigenvalue weighted by Crippen LogP contribution is -2.23. The van der Waals surface area contributed by atoms with Gasteiger partial charge in [-0.2, -0.15) is 0 Å². The van der Waals surface area contributed by atoms with Crippen molar-refractivity contribution < 1.29 is 9.53 Å². The molecule has 1 atom stereocenters. The molecule has 0 saturated carbocycles. The third kappa shape index (κ3) is 3.76. The molecule has 1 aliphatic rings. The van der Waals surface area contributed by atoms with Gasteiger partial charge in [-0.3, -0.25) is 4.79 Å². The summed E-state index contributed by atoms with van der Waals surface area (Å²) in [5, 5.41) is 2.97. The van der Waals surface area contributed by atoms with E-state index in [1.807, 2.05) is 54.6 Å². The lowest BCUT2D eigenvalue weighted by atomic mass is 9.93. The Hall–Kier alpha value is -2.55. The highest BCUT2D eigenvalue weighted by atomic mass is 16.5. The van der Waals surface area contributed by atoms with E-state index in [0.29, 0.717) is 0 Å². The largest absolute Gasteiger partial charge is 0.457 e. The number of allylic oxidation sites excluding steroid dienone is 2. The first kappa shape index (κ1) is 14.4. The van der Waals surface area contributed by atoms with Gasteiger partial charge in [0.2, 0.25) is 5.91 Å². The number of amides is 1. The van der Waals surface area contributed by atoms with E-state index in [9.17, 15) is 4.79 Å². The smallest absolute Gasteiger partial charge is 0.227 e. The molecule has 1 aliphatic carbocycles. The van der Waals surface area contributed by atoms with Crippen LogP contribution in [0.2, 0.25) is 0 Å². The molecule has 0 fully saturated rings. The van der Waals surface area contributed by atoms with Crippen molar-refractivity contribution in [3.05, 3.63) is 66.7 Å². The van der Waals surface area contributed by atoms with Crippen LogP contribution in [0.25, 0.3) is 0 Å². The van der Waals surface area contributed by atoms with E-state index in [2.05, 4.69) is 17.5 Å². The molecule has 112 valence electrons. The fourth-order valence-corrected chi connectivity index (χ4v) is 2.51. The molecule has 0 aromatic heterocycles. The number of hydrogen-bond donors (Lipinski definition) is 1. The monoisotopic (exact) mass is 293 g/mol. The van der Waals surface area contributed by atoms with Gasteiger partial charge in [0.05, 0.1) is 0 Å². The van der Waals surface area contributed by atoms with E-state index in [4.69, 9.17) is 4.74 Å². The summed E-state index contributed by atoms with van der Waals surface area (Å²) in [5.74, 6) is 1.74. The first-order chi connectivity index (χ1) is 10.8. The Kier molecular flexibility index (Phi) is 4.54. The summed E-state index contributed by atoms with van der Waals surface area (Å²) >= 11 is 0. The lowest BCUT2D eigenvalue weighted by Gasteiger charge is -2.17. The van der Waals surface area contributed by atoms with Crippen LogP contribution >= 0.6 is 0 Å². The number of para-hydroxylation sites is 1. The summed E-state index contributed by atoms with van der Waals surface area (Å²) < 4.78 is 5.73. The first-order valence-corrected chi connectivity index (χ1v) is 7.60. The van der Waals surface area contributed by atoms with Crippen LogP contribution in [0.5, 0.6) is 11.5 Å². The van der Waals surface area contributed by atoms with Gasteiger partial charge >= 0.3 is 0 Å². The van der Waals surface area contributed by atoms with Crippen molar-refractivity contribution in [3.63, 3.8) is 0 Å². The standard InChI is InChI=1S/C19H19NO2/c21-19(15-7-3-1-4-8-15)20-16-11-13-18(14-12-16)22-17-9-5-2-6-10-17/h1-3,5-6,9-15H,4,7-8H2,(H,20,21)/t15-/m0/s1. The SMILES string of the molecule is O=C(Nc1ccc(Oc2ccccc2)cc1)[C@H]1CC=CCC1. The molecule has 0 aliphatic heterocycles. The number of benzene rings is 2. The van der Waals surface area contributed by atoms with E-state index < -0.39 is 0 Å². The summed E-state index contributed by atoms with van der Waals surface area (Å²) in [4.78, 5) is 12.2. The number of hydrogen-bond acceptors (Lipinski definition) is 2. The fourth-order valence-electron chi connectivity index (χ4n) is 2.51. The Morgan fingerprint density at radius 1 is 0.955 bits per heavy atom. The van der Waals surface area contributed by atoms with Crippen molar-refractivity contribution in [2.24, 2.45) is 5.92 Å². The summed E-state index contributed by atoms with van der Waals surface area (Å²) in [5.41, 5.74) is 0.806. The van der Waals surface area contributed by atoms with Crippen molar-refractivity contribution in [1.82, 2.24) is 0 Å². The maximum absolute atomic E-state index is 12.2. The molecule has 0 unspecified atom stereocenters. The van der Waals surface area contributed by atoms with E-state index in [0.717, 1.165) is 36.4 Å². The van der Waals surface area contributed by atoms with Crippen molar-refractivity contribution in [1.29, 1.82) is 0 Å². The summed E-state index contributed by atoms with van der Waals surface area (Å²) in [6.07, 6.45) is 6.98. The molecule has 2 aromatic rings. The van der Waals surface area contributed by atoms with Crippen molar-refractivity contribution in [2.45, 2.75) is 19.3 Å². The maximum Gasteiger partial charge on any atom is 0.227 e. The number of nitrogens with one attached hydrogen (secondary N) is 1. The van der Waals surface area contributed by atoms with Gasteiger partial charge in [-0.15, -0.1) is 0 Å². The number of carbonyl (C=O) groups is 1. The first-order valence-electron chi connectivity index (χ1n) is 7.60. The average Bonchev–Trinajstić information content (AvgIpc) is 2.58. The molecule has 3 nitrogen and oxygen atoms in total. The van der Waals surface area contributed by atoms with Gasteiger partial charge in [0, 0.05) is 11.6 Å². The summed E-state index contributed by atoms with van der Waals surface area (Å²) in [6.45, 7) is 0. The van der Waals surface area contributed by atoms with Gasteiger partial charge < -0.3 is 10.1 Å². The van der Waals surface area contributed by atoms with Crippen LogP contribution in [0.4, 0.5) is 5.69 Å². The van der Waals surface area contributed by atoms with Crippen LogP contribution in [-0.2, 0) is 4.79 Å². The molecule has 2 aromatic carbocycles. The second-order valence-electron chi connectivity index (χ2n) is 5.41. The molecular weight excluding hydrogens is 274 g/mol. The van der Waals surface area contributed by atoms with Crippen molar-refractivity contribution in [3.8, 4) is 11.5 Å². The molecule has 0 bridgehead atoms. The molecule has 3 heteroatoms. The summed E-state index contributed by atoms with van der Waals surface area (Å²) in [7, 11) is 0. The Morgan fingerprint density at radius 3 is 2.36 bits per heavy atom. The fraction of sp³-hybridized carbons (Fsp3) is 0.211. The predicted molar refractivity (Wildman–Crippen MR) is 88.1 cm³/mol. The van der Waals surface area contributed by atoms with Gasteiger partial charge in [0.1, 0.15) is 11.5 Å². The van der Waals surface area contributed by atoms with Gasteiger partial charge in [-0.05, 0) is 55.7 Å². The molecule has 22 heavy (non-hydrogen) atoms. The zero-order valence-electron chi connectivity index (χ0n) is 12.4. The Bertz CT molecular complexity index is 647. The predicted octanol–water partition coefficient (Wildman–Crippen LogP) is 4.77. The van der Waals surface area contributed by atoms with Gasteiger partial charge in [-0.1, -0.05) is 30.4 Å². The van der Waals surface area contributed by atoms with E-state index >= 15 is 0 Å². The Morgan fingerprint density at radius 2 is 1.68 bits per heavy atom. The quantitative estimate of drug-likeness (QED) is 0.824. The molecular formula is C19H19NO2. The third-order valence-electron chi connectivity index (χ3n) is 3.74. The molecule has 0 spiro atoms. The highest BCUT2D eigenvalue weighted by molar-refractivity contribution is 5.92.